The summed E-state index contributed by atoms with van der Waals surface area (Å²) in [5.74, 6) is -0.394. The number of halogens is 1. The number of nitrogens with zero attached hydrogens (tertiary/aromatic N) is 1. The van der Waals surface area contributed by atoms with Gasteiger partial charge in [0.05, 0.1) is 5.69 Å². The predicted octanol–water partition coefficient (Wildman–Crippen LogP) is 3.66. The molecular weight excluding hydrogens is 348 g/mol. The summed E-state index contributed by atoms with van der Waals surface area (Å²) in [7, 11) is 0. The monoisotopic (exact) mass is 360 g/mol. The Bertz CT molecular complexity index is 861. The van der Waals surface area contributed by atoms with Crippen LogP contribution in [-0.4, -0.2) is 16.5 Å². The number of nitrogens with one attached hydrogen (secondary N) is 3. The molecule has 3 N–H and O–H groups in total. The number of hydrogen-bond acceptors (Lipinski definition) is 3. The van der Waals surface area contributed by atoms with Crippen molar-refractivity contribution in [1.29, 1.82) is 0 Å². The maximum Gasteiger partial charge on any atom is 0.337 e. The topological polar surface area (TPSA) is 75.2 Å². The highest BCUT2D eigenvalue weighted by atomic mass is 35.5. The quantitative estimate of drug-likeness (QED) is 0.623. The van der Waals surface area contributed by atoms with Gasteiger partial charge in [-0.15, -0.1) is 11.3 Å². The van der Waals surface area contributed by atoms with Gasteiger partial charge in [-0.2, -0.15) is 0 Å². The van der Waals surface area contributed by atoms with Crippen LogP contribution in [0.5, 0.6) is 0 Å². The molecule has 24 heavy (non-hydrogen) atoms. The van der Waals surface area contributed by atoms with Crippen molar-refractivity contribution in [1.82, 2.24) is 15.4 Å². The minimum Gasteiger partial charge on any atom is -0.322 e. The summed E-state index contributed by atoms with van der Waals surface area (Å²) in [4.78, 5) is 24.6. The molecule has 0 aliphatic carbocycles. The van der Waals surface area contributed by atoms with E-state index >= 15 is 0 Å². The molecule has 0 aliphatic rings. The van der Waals surface area contributed by atoms with Crippen molar-refractivity contribution in [3.63, 3.8) is 0 Å². The van der Waals surface area contributed by atoms with Crippen molar-refractivity contribution in [2.24, 2.45) is 0 Å². The molecule has 1 aromatic carbocycles. The number of rotatable bonds is 3. The summed E-state index contributed by atoms with van der Waals surface area (Å²) in [6.45, 7) is 0. The lowest BCUT2D eigenvalue weighted by Crippen LogP contribution is -2.43. The zero-order valence-electron chi connectivity index (χ0n) is 12.3. The minimum atomic E-state index is -0.565. The first kappa shape index (κ1) is 16.1. The second-order valence-corrected chi connectivity index (χ2v) is 6.12. The molecule has 2 heterocycles. The van der Waals surface area contributed by atoms with E-state index in [1.807, 2.05) is 40.5 Å². The molecule has 0 radical (unpaired) electrons. The molecule has 0 bridgehead atoms. The van der Waals surface area contributed by atoms with E-state index in [4.69, 9.17) is 11.6 Å². The van der Waals surface area contributed by atoms with E-state index in [0.717, 1.165) is 5.69 Å². The van der Waals surface area contributed by atoms with Gasteiger partial charge in [-0.25, -0.2) is 10.2 Å². The largest absolute Gasteiger partial charge is 0.337 e. The molecule has 3 aromatic rings. The van der Waals surface area contributed by atoms with Gasteiger partial charge in [0.25, 0.3) is 5.91 Å². The maximum absolute atomic E-state index is 12.3. The van der Waals surface area contributed by atoms with Crippen molar-refractivity contribution < 1.29 is 9.59 Å². The van der Waals surface area contributed by atoms with Gasteiger partial charge in [0.2, 0.25) is 0 Å². The van der Waals surface area contributed by atoms with E-state index in [-0.39, 0.29) is 0 Å². The Balaban J connectivity index is 1.60. The molecular formula is C16H13ClN4O2S. The fourth-order valence-corrected chi connectivity index (χ4v) is 3.05. The van der Waals surface area contributed by atoms with Crippen molar-refractivity contribution in [2.75, 3.05) is 5.32 Å². The second-order valence-electron chi connectivity index (χ2n) is 4.77. The van der Waals surface area contributed by atoms with E-state index in [2.05, 4.69) is 16.2 Å². The molecule has 0 spiro atoms. The van der Waals surface area contributed by atoms with Gasteiger partial charge >= 0.3 is 6.03 Å². The normalized spacial score (nSPS) is 10.2. The number of hydrogen-bond donors (Lipinski definition) is 3. The van der Waals surface area contributed by atoms with Gasteiger partial charge in [-0.3, -0.25) is 10.2 Å². The van der Waals surface area contributed by atoms with E-state index in [0.29, 0.717) is 15.6 Å². The zero-order valence-corrected chi connectivity index (χ0v) is 13.9. The van der Waals surface area contributed by atoms with Crippen LogP contribution in [-0.2, 0) is 0 Å². The third-order valence-corrected chi connectivity index (χ3v) is 4.24. The van der Waals surface area contributed by atoms with Gasteiger partial charge in [0, 0.05) is 23.1 Å². The standard InChI is InChI=1S/C16H13ClN4O2S/c17-11-4-3-5-12(10-11)18-16(23)20-19-15(22)14-13(6-9-24-14)21-7-1-2-8-21/h1-10H,(H,19,22)(H2,18,20,23). The first-order chi connectivity index (χ1) is 11.6. The van der Waals surface area contributed by atoms with Gasteiger partial charge in [-0.1, -0.05) is 17.7 Å². The first-order valence-electron chi connectivity index (χ1n) is 6.97. The van der Waals surface area contributed by atoms with Gasteiger partial charge in [-0.05, 0) is 41.8 Å². The Kier molecular flexibility index (Phi) is 4.83. The van der Waals surface area contributed by atoms with Crippen molar-refractivity contribution in [3.05, 3.63) is 70.1 Å². The molecule has 0 saturated carbocycles. The number of benzene rings is 1. The van der Waals surface area contributed by atoms with Crippen molar-refractivity contribution in [2.45, 2.75) is 0 Å². The van der Waals surface area contributed by atoms with Gasteiger partial charge in [0.15, 0.2) is 0 Å². The lowest BCUT2D eigenvalue weighted by Gasteiger charge is -2.10. The summed E-state index contributed by atoms with van der Waals surface area (Å²) in [5, 5.41) is 4.90. The lowest BCUT2D eigenvalue weighted by atomic mass is 10.3. The van der Waals surface area contributed by atoms with Crippen LogP contribution in [0.15, 0.2) is 60.2 Å². The number of hydrazine groups is 1. The predicted molar refractivity (Wildman–Crippen MR) is 94.7 cm³/mol. The molecule has 0 fully saturated rings. The fourth-order valence-electron chi connectivity index (χ4n) is 2.07. The maximum atomic E-state index is 12.3. The van der Waals surface area contributed by atoms with E-state index in [1.54, 1.807) is 24.3 Å². The van der Waals surface area contributed by atoms with Crippen LogP contribution >= 0.6 is 22.9 Å². The highest BCUT2D eigenvalue weighted by molar-refractivity contribution is 7.12. The summed E-state index contributed by atoms with van der Waals surface area (Å²) in [6.07, 6.45) is 3.69. The van der Waals surface area contributed by atoms with Crippen molar-refractivity contribution in [3.8, 4) is 5.69 Å². The lowest BCUT2D eigenvalue weighted by molar-refractivity contribution is 0.0942. The number of carbonyl (C=O) groups excluding carboxylic acids is 2. The number of amides is 3. The minimum absolute atomic E-state index is 0.394. The van der Waals surface area contributed by atoms with Crippen LogP contribution in [0.2, 0.25) is 5.02 Å². The Hall–Kier alpha value is -2.77. The van der Waals surface area contributed by atoms with Gasteiger partial charge < -0.3 is 9.88 Å². The second kappa shape index (κ2) is 7.20. The zero-order chi connectivity index (χ0) is 16.9. The Morgan fingerprint density at radius 1 is 1.04 bits per heavy atom. The highest BCUT2D eigenvalue weighted by Crippen LogP contribution is 2.21. The Morgan fingerprint density at radius 2 is 1.83 bits per heavy atom. The van der Waals surface area contributed by atoms with Gasteiger partial charge in [0.1, 0.15) is 4.88 Å². The van der Waals surface area contributed by atoms with Crippen molar-refractivity contribution >= 4 is 40.6 Å². The van der Waals surface area contributed by atoms with Crippen LogP contribution in [0.25, 0.3) is 5.69 Å². The van der Waals surface area contributed by atoms with Crippen LogP contribution < -0.4 is 16.2 Å². The molecule has 6 nitrogen and oxygen atoms in total. The average Bonchev–Trinajstić information content (AvgIpc) is 3.23. The Labute approximate surface area is 147 Å². The molecule has 0 atom stereocenters. The smallest absolute Gasteiger partial charge is 0.322 e. The molecule has 0 aliphatic heterocycles. The SMILES string of the molecule is O=C(NNC(=O)c1sccc1-n1cccc1)Nc1cccc(Cl)c1. The van der Waals surface area contributed by atoms with Crippen LogP contribution in [0.1, 0.15) is 9.67 Å². The molecule has 122 valence electrons. The highest BCUT2D eigenvalue weighted by Gasteiger charge is 2.15. The molecule has 3 amide bonds. The molecule has 0 saturated heterocycles. The van der Waals surface area contributed by atoms with E-state index in [9.17, 15) is 9.59 Å². The van der Waals surface area contributed by atoms with E-state index in [1.165, 1.54) is 11.3 Å². The Morgan fingerprint density at radius 3 is 2.58 bits per heavy atom. The summed E-state index contributed by atoms with van der Waals surface area (Å²) >= 11 is 7.14. The number of anilines is 1. The van der Waals surface area contributed by atoms with Crippen LogP contribution in [0.4, 0.5) is 10.5 Å². The number of aromatic nitrogens is 1. The average molecular weight is 361 g/mol. The molecule has 8 heteroatoms. The van der Waals surface area contributed by atoms with E-state index < -0.39 is 11.9 Å². The number of thiophene rings is 1. The summed E-state index contributed by atoms with van der Waals surface area (Å²) in [5.41, 5.74) is 5.98. The molecule has 2 aromatic heterocycles. The summed E-state index contributed by atoms with van der Waals surface area (Å²) < 4.78 is 1.83. The summed E-state index contributed by atoms with van der Waals surface area (Å²) in [6, 6.07) is 11.7. The molecule has 0 unspecified atom stereocenters. The van der Waals surface area contributed by atoms with Crippen LogP contribution in [0.3, 0.4) is 0 Å². The molecule has 3 rings (SSSR count). The number of carbonyl (C=O) groups is 2. The fraction of sp³-hybridized carbons (Fsp3) is 0. The third kappa shape index (κ3) is 3.76. The number of urea groups is 1. The third-order valence-electron chi connectivity index (χ3n) is 3.11. The van der Waals surface area contributed by atoms with Crippen LogP contribution in [0, 0.1) is 0 Å². The first-order valence-corrected chi connectivity index (χ1v) is 8.23.